The van der Waals surface area contributed by atoms with E-state index in [4.69, 9.17) is 15.6 Å². The Morgan fingerprint density at radius 2 is 2.22 bits per heavy atom. The van der Waals surface area contributed by atoms with Crippen molar-refractivity contribution >= 4 is 29.1 Å². The number of aromatic carboxylic acids is 1. The van der Waals surface area contributed by atoms with Crippen LogP contribution in [0.1, 0.15) is 19.5 Å². The first-order chi connectivity index (χ1) is 8.50. The number of nitrogens with one attached hydrogen (secondary N) is 1. The Hall–Kier alpha value is -2.00. The van der Waals surface area contributed by atoms with Gasteiger partial charge < -0.3 is 20.9 Å². The van der Waals surface area contributed by atoms with E-state index in [0.717, 1.165) is 11.3 Å². The number of carboxylic acids is 1. The lowest BCUT2D eigenvalue weighted by Crippen LogP contribution is -2.28. The highest BCUT2D eigenvalue weighted by Gasteiger charge is 2.13. The summed E-state index contributed by atoms with van der Waals surface area (Å²) in [5, 5.41) is 11.0. The molecular formula is C9H11N3O5S. The van der Waals surface area contributed by atoms with Gasteiger partial charge in [0.25, 0.3) is 5.91 Å². The fourth-order valence-electron chi connectivity index (χ4n) is 0.975. The Bertz CT molecular complexity index is 459. The van der Waals surface area contributed by atoms with Gasteiger partial charge in [0.1, 0.15) is 11.5 Å². The van der Waals surface area contributed by atoms with E-state index in [1.54, 1.807) is 0 Å². The number of primary amides is 1. The lowest BCUT2D eigenvalue weighted by atomic mass is 10.5. The minimum absolute atomic E-state index is 0.138. The maximum absolute atomic E-state index is 11.5. The molecule has 18 heavy (non-hydrogen) atoms. The number of nitrogens with zero attached hydrogens (tertiary/aromatic N) is 1. The molecule has 0 aliphatic carbocycles. The SMILES string of the molecule is NC(=O)COCCNC(=O)c1cnc(C(=O)O)s1. The van der Waals surface area contributed by atoms with Gasteiger partial charge in [0.15, 0.2) is 0 Å². The molecule has 0 aliphatic rings. The molecule has 0 aromatic carbocycles. The van der Waals surface area contributed by atoms with Crippen LogP contribution in [0, 0.1) is 0 Å². The van der Waals surface area contributed by atoms with E-state index in [2.05, 4.69) is 10.3 Å². The standard InChI is InChI=1S/C9H11N3O5S/c10-6(13)4-17-2-1-11-7(14)5-3-12-8(18-5)9(15)16/h3H,1-2,4H2,(H2,10,13)(H,11,14)(H,15,16). The van der Waals surface area contributed by atoms with Crippen LogP contribution in [0.2, 0.25) is 0 Å². The summed E-state index contributed by atoms with van der Waals surface area (Å²) in [5.41, 5.74) is 4.84. The zero-order valence-electron chi connectivity index (χ0n) is 9.21. The zero-order chi connectivity index (χ0) is 13.5. The lowest BCUT2D eigenvalue weighted by molar-refractivity contribution is -0.122. The highest BCUT2D eigenvalue weighted by molar-refractivity contribution is 7.15. The summed E-state index contributed by atoms with van der Waals surface area (Å²) in [7, 11) is 0. The predicted octanol–water partition coefficient (Wildman–Crippen LogP) is -0.927. The Labute approximate surface area is 106 Å². The van der Waals surface area contributed by atoms with Crippen LogP contribution in [0.4, 0.5) is 0 Å². The summed E-state index contributed by atoms with van der Waals surface area (Å²) in [5.74, 6) is -2.21. The second-order valence-corrected chi connectivity index (χ2v) is 4.14. The number of hydrogen-bond donors (Lipinski definition) is 3. The molecule has 8 nitrogen and oxygen atoms in total. The predicted molar refractivity (Wildman–Crippen MR) is 61.4 cm³/mol. The summed E-state index contributed by atoms with van der Waals surface area (Å²) in [6, 6.07) is 0. The Morgan fingerprint density at radius 1 is 1.50 bits per heavy atom. The molecular weight excluding hydrogens is 262 g/mol. The van der Waals surface area contributed by atoms with Gasteiger partial charge in [-0.15, -0.1) is 11.3 Å². The maximum atomic E-state index is 11.5. The molecule has 2 amide bonds. The van der Waals surface area contributed by atoms with Crippen molar-refractivity contribution in [2.24, 2.45) is 5.73 Å². The van der Waals surface area contributed by atoms with Crippen molar-refractivity contribution in [3.8, 4) is 0 Å². The second-order valence-electron chi connectivity index (χ2n) is 3.11. The van der Waals surface area contributed by atoms with E-state index in [-0.39, 0.29) is 29.6 Å². The molecule has 0 radical (unpaired) electrons. The third-order valence-corrected chi connectivity index (χ3v) is 2.67. The summed E-state index contributed by atoms with van der Waals surface area (Å²) in [6.45, 7) is 0.116. The molecule has 0 aliphatic heterocycles. The number of ether oxygens (including phenoxy) is 1. The first kappa shape index (κ1) is 14.1. The number of carbonyl (C=O) groups is 3. The first-order valence-corrected chi connectivity index (χ1v) is 5.65. The van der Waals surface area contributed by atoms with Crippen molar-refractivity contribution < 1.29 is 24.2 Å². The Balaban J connectivity index is 2.32. The van der Waals surface area contributed by atoms with Crippen molar-refractivity contribution in [2.75, 3.05) is 19.8 Å². The maximum Gasteiger partial charge on any atom is 0.365 e. The zero-order valence-corrected chi connectivity index (χ0v) is 10.0. The van der Waals surface area contributed by atoms with Gasteiger partial charge in [0, 0.05) is 6.54 Å². The van der Waals surface area contributed by atoms with Gasteiger partial charge in [-0.3, -0.25) is 9.59 Å². The van der Waals surface area contributed by atoms with Crippen LogP contribution in [0.3, 0.4) is 0 Å². The average molecular weight is 273 g/mol. The number of thiazole rings is 1. The van der Waals surface area contributed by atoms with Gasteiger partial charge in [-0.05, 0) is 0 Å². The molecule has 0 atom stereocenters. The average Bonchev–Trinajstić information content (AvgIpc) is 2.77. The van der Waals surface area contributed by atoms with Crippen molar-refractivity contribution in [1.82, 2.24) is 10.3 Å². The van der Waals surface area contributed by atoms with Crippen molar-refractivity contribution in [1.29, 1.82) is 0 Å². The number of hydrogen-bond acceptors (Lipinski definition) is 6. The highest BCUT2D eigenvalue weighted by Crippen LogP contribution is 2.12. The van der Waals surface area contributed by atoms with Crippen LogP contribution in [0.25, 0.3) is 0 Å². The van der Waals surface area contributed by atoms with Gasteiger partial charge in [-0.25, -0.2) is 9.78 Å². The summed E-state index contributed by atoms with van der Waals surface area (Å²) in [4.78, 5) is 36.1. The van der Waals surface area contributed by atoms with E-state index >= 15 is 0 Å². The van der Waals surface area contributed by atoms with Crippen molar-refractivity contribution in [3.63, 3.8) is 0 Å². The lowest BCUT2D eigenvalue weighted by Gasteiger charge is -2.03. The molecule has 1 aromatic heterocycles. The number of carbonyl (C=O) groups excluding carboxylic acids is 2. The van der Waals surface area contributed by atoms with Gasteiger partial charge in [0.05, 0.1) is 12.8 Å². The molecule has 1 rings (SSSR count). The monoisotopic (exact) mass is 273 g/mol. The van der Waals surface area contributed by atoms with Crippen LogP contribution in [0.15, 0.2) is 6.20 Å². The topological polar surface area (TPSA) is 132 Å². The minimum atomic E-state index is -1.18. The molecule has 1 aromatic rings. The van der Waals surface area contributed by atoms with Crippen LogP contribution >= 0.6 is 11.3 Å². The summed E-state index contributed by atoms with van der Waals surface area (Å²) < 4.78 is 4.83. The molecule has 0 bridgehead atoms. The van der Waals surface area contributed by atoms with Crippen LogP contribution < -0.4 is 11.1 Å². The third kappa shape index (κ3) is 4.47. The number of amides is 2. The van der Waals surface area contributed by atoms with Gasteiger partial charge in [-0.2, -0.15) is 0 Å². The van der Waals surface area contributed by atoms with Gasteiger partial charge >= 0.3 is 5.97 Å². The largest absolute Gasteiger partial charge is 0.476 e. The number of rotatable bonds is 7. The smallest absolute Gasteiger partial charge is 0.365 e. The van der Waals surface area contributed by atoms with E-state index in [0.29, 0.717) is 0 Å². The minimum Gasteiger partial charge on any atom is -0.476 e. The van der Waals surface area contributed by atoms with Gasteiger partial charge in [-0.1, -0.05) is 0 Å². The summed E-state index contributed by atoms with van der Waals surface area (Å²) in [6.07, 6.45) is 1.19. The Morgan fingerprint density at radius 3 is 2.78 bits per heavy atom. The molecule has 4 N–H and O–H groups in total. The normalized spacial score (nSPS) is 10.0. The molecule has 98 valence electrons. The fourth-order valence-corrected chi connectivity index (χ4v) is 1.65. The molecule has 0 unspecified atom stereocenters. The second kappa shape index (κ2) is 6.67. The van der Waals surface area contributed by atoms with E-state index in [9.17, 15) is 14.4 Å². The quantitative estimate of drug-likeness (QED) is 0.550. The molecule has 0 spiro atoms. The number of aromatic nitrogens is 1. The van der Waals surface area contributed by atoms with E-state index in [1.165, 1.54) is 6.20 Å². The fraction of sp³-hybridized carbons (Fsp3) is 0.333. The first-order valence-electron chi connectivity index (χ1n) is 4.84. The molecule has 0 saturated carbocycles. The molecule has 0 saturated heterocycles. The van der Waals surface area contributed by atoms with Crippen molar-refractivity contribution in [3.05, 3.63) is 16.1 Å². The highest BCUT2D eigenvalue weighted by atomic mass is 32.1. The van der Waals surface area contributed by atoms with Crippen LogP contribution in [0.5, 0.6) is 0 Å². The molecule has 0 fully saturated rings. The van der Waals surface area contributed by atoms with Crippen LogP contribution in [-0.4, -0.2) is 47.6 Å². The Kier molecular flexibility index (Phi) is 5.21. The summed E-state index contributed by atoms with van der Waals surface area (Å²) >= 11 is 0.780. The van der Waals surface area contributed by atoms with Gasteiger partial charge in [0.2, 0.25) is 10.9 Å². The van der Waals surface area contributed by atoms with E-state index in [1.807, 2.05) is 0 Å². The third-order valence-electron chi connectivity index (χ3n) is 1.69. The molecule has 9 heteroatoms. The number of carboxylic acid groups (broad SMARTS) is 1. The number of nitrogens with two attached hydrogens (primary N) is 1. The van der Waals surface area contributed by atoms with Crippen LogP contribution in [-0.2, 0) is 9.53 Å². The molecule has 1 heterocycles. The van der Waals surface area contributed by atoms with Crippen molar-refractivity contribution in [2.45, 2.75) is 0 Å². The van der Waals surface area contributed by atoms with E-state index < -0.39 is 17.8 Å².